The van der Waals surface area contributed by atoms with Crippen molar-refractivity contribution in [2.24, 2.45) is 23.2 Å². The minimum absolute atomic E-state index is 0.00521. The zero-order valence-corrected chi connectivity index (χ0v) is 13.7. The third kappa shape index (κ3) is 4.22. The van der Waals surface area contributed by atoms with Gasteiger partial charge in [0.25, 0.3) is 0 Å². The Morgan fingerprint density at radius 3 is 2.35 bits per heavy atom. The molecule has 0 saturated heterocycles. The first kappa shape index (κ1) is 17.0. The van der Waals surface area contributed by atoms with E-state index in [-0.39, 0.29) is 17.2 Å². The quantitative estimate of drug-likeness (QED) is 0.807. The molecule has 0 aromatic rings. The lowest BCUT2D eigenvalue weighted by molar-refractivity contribution is -0.146. The van der Waals surface area contributed by atoms with Gasteiger partial charge < -0.3 is 10.1 Å². The zero-order chi connectivity index (χ0) is 15.5. The highest BCUT2D eigenvalue weighted by Gasteiger charge is 2.40. The van der Waals surface area contributed by atoms with Crippen molar-refractivity contribution in [1.29, 1.82) is 0 Å². The molecule has 1 aliphatic carbocycles. The Morgan fingerprint density at radius 2 is 1.85 bits per heavy atom. The highest BCUT2D eigenvalue weighted by molar-refractivity contribution is 5.85. The molecule has 116 valence electrons. The summed E-state index contributed by atoms with van der Waals surface area (Å²) in [4.78, 5) is 23.9. The predicted octanol–water partition coefficient (Wildman–Crippen LogP) is 2.76. The van der Waals surface area contributed by atoms with Crippen molar-refractivity contribution in [3.05, 3.63) is 0 Å². The molecule has 20 heavy (non-hydrogen) atoms. The fourth-order valence-electron chi connectivity index (χ4n) is 3.25. The van der Waals surface area contributed by atoms with Crippen LogP contribution in [0.15, 0.2) is 0 Å². The minimum atomic E-state index is -0.578. The summed E-state index contributed by atoms with van der Waals surface area (Å²) < 4.78 is 4.66. The van der Waals surface area contributed by atoms with E-state index in [0.29, 0.717) is 11.8 Å². The van der Waals surface area contributed by atoms with Gasteiger partial charge in [-0.25, -0.2) is 4.79 Å². The van der Waals surface area contributed by atoms with Crippen molar-refractivity contribution in [1.82, 2.24) is 5.32 Å². The summed E-state index contributed by atoms with van der Waals surface area (Å²) in [7, 11) is 1.34. The Morgan fingerprint density at radius 1 is 1.25 bits per heavy atom. The summed E-state index contributed by atoms with van der Waals surface area (Å²) in [6.45, 7) is 10.4. The number of hydrogen-bond acceptors (Lipinski definition) is 3. The molecule has 1 amide bonds. The molecule has 0 aromatic carbocycles. The van der Waals surface area contributed by atoms with Gasteiger partial charge in [0.1, 0.15) is 6.04 Å². The summed E-state index contributed by atoms with van der Waals surface area (Å²) >= 11 is 0. The SMILES string of the molecule is COC(=O)[C@@H](C)NC(=O)C1CC(C)(C)CCC1C(C)C. The summed E-state index contributed by atoms with van der Waals surface area (Å²) in [5.41, 5.74) is 0.196. The summed E-state index contributed by atoms with van der Waals surface area (Å²) in [5.74, 6) is 0.470. The first-order chi connectivity index (χ1) is 9.18. The molecule has 4 heteroatoms. The molecule has 0 aliphatic heterocycles. The monoisotopic (exact) mass is 283 g/mol. The largest absolute Gasteiger partial charge is 0.467 e. The van der Waals surface area contributed by atoms with Crippen molar-refractivity contribution >= 4 is 11.9 Å². The number of amides is 1. The molecule has 1 saturated carbocycles. The van der Waals surface area contributed by atoms with E-state index in [1.807, 2.05) is 0 Å². The van der Waals surface area contributed by atoms with E-state index in [2.05, 4.69) is 37.7 Å². The van der Waals surface area contributed by atoms with Crippen LogP contribution in [0.25, 0.3) is 0 Å². The number of carbonyl (C=O) groups excluding carboxylic acids is 2. The molecule has 0 bridgehead atoms. The smallest absolute Gasteiger partial charge is 0.328 e. The van der Waals surface area contributed by atoms with Crippen molar-refractivity contribution in [2.75, 3.05) is 7.11 Å². The Labute approximate surface area is 122 Å². The second kappa shape index (κ2) is 6.59. The molecular formula is C16H29NO3. The van der Waals surface area contributed by atoms with E-state index in [1.165, 1.54) is 7.11 Å². The average molecular weight is 283 g/mol. The Kier molecular flexibility index (Phi) is 5.60. The lowest BCUT2D eigenvalue weighted by atomic mass is 9.64. The topological polar surface area (TPSA) is 55.4 Å². The number of esters is 1. The number of nitrogens with one attached hydrogen (secondary N) is 1. The fourth-order valence-corrected chi connectivity index (χ4v) is 3.25. The van der Waals surface area contributed by atoms with Gasteiger partial charge in [0.2, 0.25) is 5.91 Å². The van der Waals surface area contributed by atoms with Crippen LogP contribution in [0.5, 0.6) is 0 Å². The molecule has 0 heterocycles. The summed E-state index contributed by atoms with van der Waals surface area (Å²) in [6, 6.07) is -0.578. The highest BCUT2D eigenvalue weighted by Crippen LogP contribution is 2.44. The Bertz CT molecular complexity index is 363. The Hall–Kier alpha value is -1.06. The third-order valence-corrected chi connectivity index (χ3v) is 4.55. The second-order valence-electron chi connectivity index (χ2n) is 7.17. The van der Waals surface area contributed by atoms with Crippen LogP contribution >= 0.6 is 0 Å². The van der Waals surface area contributed by atoms with Crippen molar-refractivity contribution in [3.63, 3.8) is 0 Å². The molecule has 1 fully saturated rings. The first-order valence-electron chi connectivity index (χ1n) is 7.56. The van der Waals surface area contributed by atoms with Gasteiger partial charge in [-0.05, 0) is 43.4 Å². The maximum absolute atomic E-state index is 12.5. The maximum Gasteiger partial charge on any atom is 0.328 e. The first-order valence-corrected chi connectivity index (χ1v) is 7.56. The van der Waals surface area contributed by atoms with Crippen LogP contribution < -0.4 is 5.32 Å². The third-order valence-electron chi connectivity index (χ3n) is 4.55. The van der Waals surface area contributed by atoms with E-state index < -0.39 is 12.0 Å². The van der Waals surface area contributed by atoms with E-state index in [1.54, 1.807) is 6.92 Å². The van der Waals surface area contributed by atoms with Gasteiger partial charge in [0, 0.05) is 5.92 Å². The predicted molar refractivity (Wildman–Crippen MR) is 79.1 cm³/mol. The molecule has 1 aliphatic rings. The summed E-state index contributed by atoms with van der Waals surface area (Å²) in [6.07, 6.45) is 3.12. The van der Waals surface area contributed by atoms with E-state index in [4.69, 9.17) is 0 Å². The van der Waals surface area contributed by atoms with Crippen molar-refractivity contribution in [3.8, 4) is 0 Å². The van der Waals surface area contributed by atoms with E-state index in [0.717, 1.165) is 19.3 Å². The molecule has 0 radical (unpaired) electrons. The van der Waals surface area contributed by atoms with Crippen LogP contribution in [-0.4, -0.2) is 25.0 Å². The van der Waals surface area contributed by atoms with Gasteiger partial charge in [-0.1, -0.05) is 27.7 Å². The average Bonchev–Trinajstić information content (AvgIpc) is 2.35. The van der Waals surface area contributed by atoms with Gasteiger partial charge in [-0.2, -0.15) is 0 Å². The van der Waals surface area contributed by atoms with Crippen LogP contribution in [0, 0.1) is 23.2 Å². The van der Waals surface area contributed by atoms with Crippen LogP contribution in [-0.2, 0) is 14.3 Å². The van der Waals surface area contributed by atoms with Crippen LogP contribution in [0.2, 0.25) is 0 Å². The molecule has 0 aromatic heterocycles. The highest BCUT2D eigenvalue weighted by atomic mass is 16.5. The van der Waals surface area contributed by atoms with Crippen molar-refractivity contribution in [2.45, 2.75) is 59.9 Å². The zero-order valence-electron chi connectivity index (χ0n) is 13.7. The standard InChI is InChI=1S/C16H29NO3/c1-10(2)12-7-8-16(4,5)9-13(12)14(18)17-11(3)15(19)20-6/h10-13H,7-9H2,1-6H3,(H,17,18)/t11-,12?,13?/m1/s1. The second-order valence-corrected chi connectivity index (χ2v) is 7.17. The molecule has 4 nitrogen and oxygen atoms in total. The van der Waals surface area contributed by atoms with Crippen LogP contribution in [0.4, 0.5) is 0 Å². The maximum atomic E-state index is 12.5. The number of rotatable bonds is 4. The minimum Gasteiger partial charge on any atom is -0.467 e. The number of carbonyl (C=O) groups is 2. The Balaban J connectivity index is 2.77. The molecule has 0 spiro atoms. The normalized spacial score (nSPS) is 26.9. The van der Waals surface area contributed by atoms with Gasteiger partial charge >= 0.3 is 5.97 Å². The van der Waals surface area contributed by atoms with E-state index >= 15 is 0 Å². The van der Waals surface area contributed by atoms with Gasteiger partial charge in [0.05, 0.1) is 7.11 Å². The molecule has 2 unspecified atom stereocenters. The molecular weight excluding hydrogens is 254 g/mol. The number of hydrogen-bond donors (Lipinski definition) is 1. The number of ether oxygens (including phenoxy) is 1. The lowest BCUT2D eigenvalue weighted by Crippen LogP contribution is -2.47. The molecule has 1 N–H and O–H groups in total. The molecule has 1 rings (SSSR count). The van der Waals surface area contributed by atoms with Crippen LogP contribution in [0.3, 0.4) is 0 Å². The fraction of sp³-hybridized carbons (Fsp3) is 0.875. The molecule has 3 atom stereocenters. The van der Waals surface area contributed by atoms with Gasteiger partial charge in [-0.3, -0.25) is 4.79 Å². The van der Waals surface area contributed by atoms with Crippen LogP contribution in [0.1, 0.15) is 53.9 Å². The summed E-state index contributed by atoms with van der Waals surface area (Å²) in [5, 5.41) is 2.81. The van der Waals surface area contributed by atoms with Gasteiger partial charge in [-0.15, -0.1) is 0 Å². The van der Waals surface area contributed by atoms with Crippen molar-refractivity contribution < 1.29 is 14.3 Å². The van der Waals surface area contributed by atoms with E-state index in [9.17, 15) is 9.59 Å². The van der Waals surface area contributed by atoms with Gasteiger partial charge in [0.15, 0.2) is 0 Å². The number of methoxy groups -OCH3 is 1. The lowest BCUT2D eigenvalue weighted by Gasteiger charge is -2.42.